The number of aliphatic hydroxyl groups excluding tert-OH is 1. The number of hydrogen-bond acceptors (Lipinski definition) is 4. The molecule has 1 amide bonds. The van der Waals surface area contributed by atoms with Crippen molar-refractivity contribution < 1.29 is 9.90 Å². The number of aromatic nitrogens is 1. The fourth-order valence-electron chi connectivity index (χ4n) is 4.55. The van der Waals surface area contributed by atoms with E-state index >= 15 is 0 Å². The lowest BCUT2D eigenvalue weighted by Crippen LogP contribution is -2.62. The second kappa shape index (κ2) is 6.39. The number of hydrogen-bond donors (Lipinski definition) is 1. The highest BCUT2D eigenvalue weighted by atomic mass is 16.3. The first-order valence-electron chi connectivity index (χ1n) is 9.09. The van der Waals surface area contributed by atoms with Gasteiger partial charge in [0.05, 0.1) is 12.1 Å². The van der Waals surface area contributed by atoms with E-state index in [1.165, 1.54) is 0 Å². The van der Waals surface area contributed by atoms with E-state index < -0.39 is 0 Å². The van der Waals surface area contributed by atoms with E-state index in [-0.39, 0.29) is 24.0 Å². The number of carbonyl (C=O) groups excluding carboxylic acids is 1. The number of aliphatic hydroxyl groups is 1. The SMILES string of the molecule is CN1CCC[C@]2(CO)CCN(C(=O)c3ccc4ccccc4n3)C[C@@H]12. The van der Waals surface area contributed by atoms with Gasteiger partial charge in [0.1, 0.15) is 5.69 Å². The zero-order valence-corrected chi connectivity index (χ0v) is 14.7. The number of nitrogens with zero attached hydrogens (tertiary/aromatic N) is 3. The number of rotatable bonds is 2. The summed E-state index contributed by atoms with van der Waals surface area (Å²) in [6.45, 7) is 2.60. The molecule has 2 aliphatic rings. The molecule has 0 bridgehead atoms. The first kappa shape index (κ1) is 16.5. The third-order valence-corrected chi connectivity index (χ3v) is 6.12. The maximum Gasteiger partial charge on any atom is 0.272 e. The van der Waals surface area contributed by atoms with Crippen LogP contribution in [-0.2, 0) is 0 Å². The zero-order chi connectivity index (χ0) is 17.4. The highest BCUT2D eigenvalue weighted by molar-refractivity contribution is 5.95. The summed E-state index contributed by atoms with van der Waals surface area (Å²) in [6.07, 6.45) is 3.03. The summed E-state index contributed by atoms with van der Waals surface area (Å²) in [5, 5.41) is 11.1. The number of likely N-dealkylation sites (tertiary alicyclic amines) is 2. The van der Waals surface area contributed by atoms with Gasteiger partial charge in [-0.2, -0.15) is 0 Å². The molecule has 0 unspecified atom stereocenters. The molecule has 2 aliphatic heterocycles. The number of pyridine rings is 1. The highest BCUT2D eigenvalue weighted by Crippen LogP contribution is 2.41. The third-order valence-electron chi connectivity index (χ3n) is 6.12. The molecule has 1 aromatic carbocycles. The molecule has 2 fully saturated rings. The zero-order valence-electron chi connectivity index (χ0n) is 14.7. The normalized spacial score (nSPS) is 27.3. The molecule has 2 saturated heterocycles. The van der Waals surface area contributed by atoms with E-state index in [9.17, 15) is 9.90 Å². The summed E-state index contributed by atoms with van der Waals surface area (Å²) in [6, 6.07) is 11.9. The van der Waals surface area contributed by atoms with Gasteiger partial charge in [-0.05, 0) is 45.0 Å². The molecule has 0 spiro atoms. The lowest BCUT2D eigenvalue weighted by Gasteiger charge is -2.53. The van der Waals surface area contributed by atoms with Crippen molar-refractivity contribution in [3.05, 3.63) is 42.1 Å². The Morgan fingerprint density at radius 2 is 2.08 bits per heavy atom. The van der Waals surface area contributed by atoms with E-state index in [1.54, 1.807) is 0 Å². The Morgan fingerprint density at radius 3 is 2.92 bits per heavy atom. The van der Waals surface area contributed by atoms with Crippen LogP contribution in [0, 0.1) is 5.41 Å². The van der Waals surface area contributed by atoms with Gasteiger partial charge in [-0.25, -0.2) is 4.98 Å². The van der Waals surface area contributed by atoms with Crippen LogP contribution in [0.1, 0.15) is 29.8 Å². The molecule has 25 heavy (non-hydrogen) atoms. The molecule has 0 radical (unpaired) electrons. The minimum absolute atomic E-state index is 0.00346. The average molecular weight is 339 g/mol. The Hall–Kier alpha value is -1.98. The van der Waals surface area contributed by atoms with Crippen molar-refractivity contribution in [3.8, 4) is 0 Å². The van der Waals surface area contributed by atoms with E-state index in [1.807, 2.05) is 41.3 Å². The number of fused-ring (bicyclic) bond motifs is 2. The Morgan fingerprint density at radius 1 is 1.24 bits per heavy atom. The lowest BCUT2D eigenvalue weighted by atomic mass is 9.69. The first-order valence-corrected chi connectivity index (χ1v) is 9.09. The predicted octanol–water partition coefficient (Wildman–Crippen LogP) is 2.15. The van der Waals surface area contributed by atoms with Crippen LogP contribution in [-0.4, -0.2) is 65.1 Å². The van der Waals surface area contributed by atoms with Crippen molar-refractivity contribution in [1.82, 2.24) is 14.8 Å². The number of carbonyl (C=O) groups is 1. The molecule has 132 valence electrons. The molecule has 0 aliphatic carbocycles. The number of para-hydroxylation sites is 1. The number of benzene rings is 1. The minimum atomic E-state index is -0.0550. The molecule has 2 aromatic rings. The maximum atomic E-state index is 13.0. The van der Waals surface area contributed by atoms with E-state index in [2.05, 4.69) is 16.9 Å². The molecule has 3 heterocycles. The molecule has 5 heteroatoms. The first-order chi connectivity index (χ1) is 12.1. The standard InChI is InChI=1S/C20H25N3O2/c1-22-11-4-9-20(14-24)10-12-23(13-18(20)22)19(25)17-8-7-15-5-2-3-6-16(15)21-17/h2-3,5-8,18,24H,4,9-14H2,1H3/t18-,20-/m1/s1. The molecule has 2 atom stereocenters. The monoisotopic (exact) mass is 339 g/mol. The average Bonchev–Trinajstić information content (AvgIpc) is 2.67. The van der Waals surface area contributed by atoms with Gasteiger partial charge in [0.25, 0.3) is 5.91 Å². The van der Waals surface area contributed by atoms with Crippen molar-refractivity contribution in [1.29, 1.82) is 0 Å². The fourth-order valence-corrected chi connectivity index (χ4v) is 4.55. The largest absolute Gasteiger partial charge is 0.396 e. The smallest absolute Gasteiger partial charge is 0.272 e. The second-order valence-corrected chi connectivity index (χ2v) is 7.51. The van der Waals surface area contributed by atoms with Crippen LogP contribution in [0.2, 0.25) is 0 Å². The summed E-state index contributed by atoms with van der Waals surface area (Å²) >= 11 is 0. The molecular formula is C20H25N3O2. The van der Waals surface area contributed by atoms with Gasteiger partial charge < -0.3 is 14.9 Å². The number of piperidine rings is 2. The summed E-state index contributed by atoms with van der Waals surface area (Å²) < 4.78 is 0. The Balaban J connectivity index is 1.58. The highest BCUT2D eigenvalue weighted by Gasteiger charge is 2.47. The van der Waals surface area contributed by atoms with E-state index in [4.69, 9.17) is 0 Å². The van der Waals surface area contributed by atoms with Gasteiger partial charge in [0.2, 0.25) is 0 Å². The van der Waals surface area contributed by atoms with Gasteiger partial charge in [0, 0.05) is 29.9 Å². The van der Waals surface area contributed by atoms with Gasteiger partial charge in [-0.3, -0.25) is 4.79 Å². The van der Waals surface area contributed by atoms with Crippen LogP contribution in [0.4, 0.5) is 0 Å². The van der Waals surface area contributed by atoms with Gasteiger partial charge in [-0.15, -0.1) is 0 Å². The molecule has 4 rings (SSSR count). The van der Waals surface area contributed by atoms with Gasteiger partial charge in [-0.1, -0.05) is 24.3 Å². The fraction of sp³-hybridized carbons (Fsp3) is 0.500. The number of likely N-dealkylation sites (N-methyl/N-ethyl adjacent to an activating group) is 1. The van der Waals surface area contributed by atoms with Crippen LogP contribution in [0.5, 0.6) is 0 Å². The van der Waals surface area contributed by atoms with Crippen molar-refractivity contribution in [2.75, 3.05) is 33.3 Å². The molecule has 0 saturated carbocycles. The quantitative estimate of drug-likeness (QED) is 0.911. The molecular weight excluding hydrogens is 314 g/mol. The van der Waals surface area contributed by atoms with Crippen LogP contribution in [0.15, 0.2) is 36.4 Å². The summed E-state index contributed by atoms with van der Waals surface area (Å²) in [5.41, 5.74) is 1.30. The van der Waals surface area contributed by atoms with Crippen molar-refractivity contribution in [2.24, 2.45) is 5.41 Å². The summed E-state index contributed by atoms with van der Waals surface area (Å²) in [7, 11) is 2.11. The van der Waals surface area contributed by atoms with Crippen LogP contribution in [0.3, 0.4) is 0 Å². The van der Waals surface area contributed by atoms with Gasteiger partial charge >= 0.3 is 0 Å². The summed E-state index contributed by atoms with van der Waals surface area (Å²) in [4.78, 5) is 21.8. The number of amides is 1. The van der Waals surface area contributed by atoms with E-state index in [0.717, 1.165) is 36.7 Å². The maximum absolute atomic E-state index is 13.0. The Labute approximate surface area is 148 Å². The lowest BCUT2D eigenvalue weighted by molar-refractivity contribution is -0.0602. The van der Waals surface area contributed by atoms with Gasteiger partial charge in [0.15, 0.2) is 0 Å². The Kier molecular flexibility index (Phi) is 4.21. The van der Waals surface area contributed by atoms with Crippen LogP contribution >= 0.6 is 0 Å². The topological polar surface area (TPSA) is 56.7 Å². The third kappa shape index (κ3) is 2.81. The summed E-state index contributed by atoms with van der Waals surface area (Å²) in [5.74, 6) is -0.00346. The van der Waals surface area contributed by atoms with Crippen LogP contribution < -0.4 is 0 Å². The second-order valence-electron chi connectivity index (χ2n) is 7.51. The molecule has 1 aromatic heterocycles. The minimum Gasteiger partial charge on any atom is -0.396 e. The molecule has 1 N–H and O–H groups in total. The predicted molar refractivity (Wildman–Crippen MR) is 97.4 cm³/mol. The Bertz CT molecular complexity index is 793. The molecule has 5 nitrogen and oxygen atoms in total. The van der Waals surface area contributed by atoms with Crippen molar-refractivity contribution >= 4 is 16.8 Å². The van der Waals surface area contributed by atoms with Crippen molar-refractivity contribution in [3.63, 3.8) is 0 Å². The van der Waals surface area contributed by atoms with Crippen LogP contribution in [0.25, 0.3) is 10.9 Å². The van der Waals surface area contributed by atoms with Crippen molar-refractivity contribution in [2.45, 2.75) is 25.3 Å². The van der Waals surface area contributed by atoms with E-state index in [0.29, 0.717) is 18.8 Å².